The number of nitrogens with one attached hydrogen (secondary N) is 2. The van der Waals surface area contributed by atoms with Crippen molar-refractivity contribution in [2.75, 3.05) is 19.5 Å². The molecule has 0 saturated carbocycles. The smallest absolute Gasteiger partial charge is 0.257 e. The van der Waals surface area contributed by atoms with Crippen LogP contribution in [0.25, 0.3) is 0 Å². The topological polar surface area (TPSA) is 80.3 Å². The molecule has 1 aliphatic carbocycles. The molecule has 3 rings (SSSR count). The quantitative estimate of drug-likeness (QED) is 0.892. The lowest BCUT2D eigenvalue weighted by atomic mass is 9.90. The predicted octanol–water partition coefficient (Wildman–Crippen LogP) is 2.57. The van der Waals surface area contributed by atoms with Crippen molar-refractivity contribution in [3.63, 3.8) is 0 Å². The van der Waals surface area contributed by atoms with E-state index < -0.39 is 0 Å². The van der Waals surface area contributed by atoms with Gasteiger partial charge in [0.1, 0.15) is 5.75 Å². The van der Waals surface area contributed by atoms with Crippen molar-refractivity contribution < 1.29 is 14.3 Å². The molecule has 0 aliphatic heterocycles. The highest BCUT2D eigenvalue weighted by atomic mass is 32.1. The molecule has 6 nitrogen and oxygen atoms in total. The van der Waals surface area contributed by atoms with E-state index in [1.54, 1.807) is 38.4 Å². The second-order valence-electron chi connectivity index (χ2n) is 5.57. The number of amides is 2. The van der Waals surface area contributed by atoms with Crippen LogP contribution in [-0.2, 0) is 11.2 Å². The Morgan fingerprint density at radius 2 is 2.04 bits per heavy atom. The lowest BCUT2D eigenvalue weighted by Gasteiger charge is -2.19. The third kappa shape index (κ3) is 3.26. The van der Waals surface area contributed by atoms with Crippen molar-refractivity contribution in [3.05, 3.63) is 40.4 Å². The number of likely N-dealkylation sites (N-methyl/N-ethyl adjacent to an activating group) is 1. The van der Waals surface area contributed by atoms with Gasteiger partial charge in [-0.3, -0.25) is 14.9 Å². The normalized spacial score (nSPS) is 16.2. The second-order valence-corrected chi connectivity index (χ2v) is 6.65. The minimum absolute atomic E-state index is 0.0192. The number of aryl methyl sites for hydroxylation is 1. The van der Waals surface area contributed by atoms with Crippen LogP contribution in [0.2, 0.25) is 0 Å². The molecule has 0 saturated heterocycles. The van der Waals surface area contributed by atoms with Gasteiger partial charge in [-0.1, -0.05) is 0 Å². The van der Waals surface area contributed by atoms with Crippen LogP contribution < -0.4 is 15.4 Å². The predicted molar refractivity (Wildman–Crippen MR) is 92.8 cm³/mol. The van der Waals surface area contributed by atoms with Crippen molar-refractivity contribution in [2.24, 2.45) is 0 Å². The highest BCUT2D eigenvalue weighted by molar-refractivity contribution is 7.15. The van der Waals surface area contributed by atoms with Crippen molar-refractivity contribution in [1.82, 2.24) is 10.3 Å². The molecule has 7 heteroatoms. The van der Waals surface area contributed by atoms with Gasteiger partial charge in [0.15, 0.2) is 5.13 Å². The summed E-state index contributed by atoms with van der Waals surface area (Å²) in [6.07, 6.45) is 2.65. The largest absolute Gasteiger partial charge is 0.497 e. The maximum absolute atomic E-state index is 12.3. The van der Waals surface area contributed by atoms with E-state index in [1.165, 1.54) is 11.3 Å². The molecule has 24 heavy (non-hydrogen) atoms. The van der Waals surface area contributed by atoms with Crippen molar-refractivity contribution >= 4 is 28.3 Å². The minimum atomic E-state index is -0.222. The first kappa shape index (κ1) is 16.4. The Kier molecular flexibility index (Phi) is 4.80. The average Bonchev–Trinajstić information content (AvgIpc) is 3.03. The monoisotopic (exact) mass is 345 g/mol. The number of methoxy groups -OCH3 is 1. The zero-order chi connectivity index (χ0) is 17.1. The Balaban J connectivity index is 1.77. The molecule has 2 aromatic rings. The lowest BCUT2D eigenvalue weighted by Crippen LogP contribution is -2.28. The van der Waals surface area contributed by atoms with Crippen molar-refractivity contribution in [2.45, 2.75) is 25.2 Å². The van der Waals surface area contributed by atoms with Crippen molar-refractivity contribution in [1.29, 1.82) is 0 Å². The van der Waals surface area contributed by atoms with Crippen LogP contribution in [0.1, 0.15) is 39.7 Å². The summed E-state index contributed by atoms with van der Waals surface area (Å²) in [4.78, 5) is 29.9. The summed E-state index contributed by atoms with van der Waals surface area (Å²) in [7, 11) is 3.22. The number of aromatic nitrogens is 1. The maximum atomic E-state index is 12.3. The van der Waals surface area contributed by atoms with E-state index in [0.29, 0.717) is 16.4 Å². The molecule has 2 amide bonds. The fraction of sp³-hybridized carbons (Fsp3) is 0.353. The molecular weight excluding hydrogens is 326 g/mol. The van der Waals surface area contributed by atoms with Crippen LogP contribution in [-0.4, -0.2) is 31.0 Å². The molecular formula is C17H19N3O3S. The molecule has 1 aromatic carbocycles. The zero-order valence-electron chi connectivity index (χ0n) is 13.6. The summed E-state index contributed by atoms with van der Waals surface area (Å²) < 4.78 is 5.09. The summed E-state index contributed by atoms with van der Waals surface area (Å²) in [5.74, 6) is 0.237. The summed E-state index contributed by atoms with van der Waals surface area (Å²) in [5, 5.41) is 6.05. The number of carbonyl (C=O) groups excluding carboxylic acids is 2. The fourth-order valence-electron chi connectivity index (χ4n) is 2.81. The minimum Gasteiger partial charge on any atom is -0.497 e. The van der Waals surface area contributed by atoms with Gasteiger partial charge >= 0.3 is 0 Å². The molecule has 1 aromatic heterocycles. The first-order valence-electron chi connectivity index (χ1n) is 7.79. The van der Waals surface area contributed by atoms with E-state index >= 15 is 0 Å². The van der Waals surface area contributed by atoms with Gasteiger partial charge in [0, 0.05) is 17.5 Å². The van der Waals surface area contributed by atoms with Gasteiger partial charge in [0.25, 0.3) is 5.91 Å². The number of rotatable bonds is 4. The third-order valence-corrected chi connectivity index (χ3v) is 5.14. The Hall–Kier alpha value is -2.41. The molecule has 1 atom stereocenters. The molecule has 2 N–H and O–H groups in total. The first-order chi connectivity index (χ1) is 11.6. The highest BCUT2D eigenvalue weighted by Gasteiger charge is 2.29. The summed E-state index contributed by atoms with van der Waals surface area (Å²) in [6.45, 7) is 0. The standard InChI is InChI=1S/C17H19N3O3S/c1-18-16(22)12-4-3-5-13-14(12)19-17(24-13)20-15(21)10-6-8-11(23-2)9-7-10/h6-9,12H,3-5H2,1-2H3,(H,18,22)(H,19,20,21). The fourth-order valence-corrected chi connectivity index (χ4v) is 3.87. The first-order valence-corrected chi connectivity index (χ1v) is 8.60. The molecule has 0 spiro atoms. The van der Waals surface area contributed by atoms with E-state index in [2.05, 4.69) is 15.6 Å². The number of hydrogen-bond acceptors (Lipinski definition) is 5. The number of hydrogen-bond donors (Lipinski definition) is 2. The Morgan fingerprint density at radius 1 is 1.29 bits per heavy atom. The van der Waals surface area contributed by atoms with Gasteiger partial charge in [-0.15, -0.1) is 11.3 Å². The second kappa shape index (κ2) is 7.00. The molecule has 0 radical (unpaired) electrons. The molecule has 126 valence electrons. The van der Waals surface area contributed by atoms with Crippen LogP contribution in [0.4, 0.5) is 5.13 Å². The van der Waals surface area contributed by atoms with Gasteiger partial charge in [-0.05, 0) is 43.5 Å². The van der Waals surface area contributed by atoms with Crippen LogP contribution >= 0.6 is 11.3 Å². The number of anilines is 1. The maximum Gasteiger partial charge on any atom is 0.257 e. The average molecular weight is 345 g/mol. The number of fused-ring (bicyclic) bond motifs is 1. The number of thiazole rings is 1. The molecule has 1 unspecified atom stereocenters. The van der Waals surface area contributed by atoms with Gasteiger partial charge in [-0.25, -0.2) is 4.98 Å². The van der Waals surface area contributed by atoms with Gasteiger partial charge < -0.3 is 10.1 Å². The Bertz CT molecular complexity index is 755. The zero-order valence-corrected chi connectivity index (χ0v) is 14.4. The van der Waals surface area contributed by atoms with Crippen LogP contribution in [0, 0.1) is 0 Å². The van der Waals surface area contributed by atoms with Gasteiger partial charge in [0.2, 0.25) is 5.91 Å². The third-order valence-electron chi connectivity index (χ3n) is 4.09. The molecule has 1 aliphatic rings. The Labute approximate surface area is 144 Å². The number of ether oxygens (including phenoxy) is 1. The number of carbonyl (C=O) groups is 2. The molecule has 0 bridgehead atoms. The van der Waals surface area contributed by atoms with Gasteiger partial charge in [-0.2, -0.15) is 0 Å². The van der Waals surface area contributed by atoms with E-state index in [9.17, 15) is 9.59 Å². The van der Waals surface area contributed by atoms with E-state index in [0.717, 1.165) is 29.8 Å². The molecule has 1 heterocycles. The van der Waals surface area contributed by atoms with E-state index in [1.807, 2.05) is 0 Å². The van der Waals surface area contributed by atoms with Crippen LogP contribution in [0.5, 0.6) is 5.75 Å². The highest BCUT2D eigenvalue weighted by Crippen LogP contribution is 2.36. The van der Waals surface area contributed by atoms with Gasteiger partial charge in [0.05, 0.1) is 18.7 Å². The van der Waals surface area contributed by atoms with Crippen LogP contribution in [0.3, 0.4) is 0 Å². The van der Waals surface area contributed by atoms with E-state index in [4.69, 9.17) is 4.74 Å². The summed E-state index contributed by atoms with van der Waals surface area (Å²) >= 11 is 1.45. The lowest BCUT2D eigenvalue weighted by molar-refractivity contribution is -0.122. The SMILES string of the molecule is CNC(=O)C1CCCc2sc(NC(=O)c3ccc(OC)cc3)nc21. The number of benzene rings is 1. The Morgan fingerprint density at radius 3 is 2.71 bits per heavy atom. The van der Waals surface area contributed by atoms with E-state index in [-0.39, 0.29) is 17.7 Å². The van der Waals surface area contributed by atoms with Crippen molar-refractivity contribution in [3.8, 4) is 5.75 Å². The molecule has 0 fully saturated rings. The van der Waals surface area contributed by atoms with Crippen LogP contribution in [0.15, 0.2) is 24.3 Å². The summed E-state index contributed by atoms with van der Waals surface area (Å²) in [5.41, 5.74) is 1.34. The number of nitrogens with zero attached hydrogens (tertiary/aromatic N) is 1. The summed E-state index contributed by atoms with van der Waals surface area (Å²) in [6, 6.07) is 6.89.